The highest BCUT2D eigenvalue weighted by Crippen LogP contribution is 2.27. The minimum atomic E-state index is -4.20. The van der Waals surface area contributed by atoms with Gasteiger partial charge >= 0.3 is 0 Å². The van der Waals surface area contributed by atoms with Gasteiger partial charge in [0.2, 0.25) is 20.0 Å². The molecule has 2 aromatic rings. The Morgan fingerprint density at radius 2 is 1.77 bits per heavy atom. The number of halogens is 2. The Labute approximate surface area is 177 Å². The fourth-order valence-electron chi connectivity index (χ4n) is 2.77. The molecule has 0 bridgehead atoms. The van der Waals surface area contributed by atoms with Crippen LogP contribution in [-0.4, -0.2) is 53.4 Å². The molecule has 1 amide bonds. The molecule has 1 aliphatic rings. The lowest BCUT2D eigenvalue weighted by Crippen LogP contribution is -2.40. The number of benzene rings is 2. The van der Waals surface area contributed by atoms with Gasteiger partial charge in [-0.3, -0.25) is 4.79 Å². The molecule has 0 radical (unpaired) electrons. The molecule has 0 unspecified atom stereocenters. The van der Waals surface area contributed by atoms with Gasteiger partial charge in [0.15, 0.2) is 0 Å². The second-order valence-electron chi connectivity index (χ2n) is 6.34. The Morgan fingerprint density at radius 3 is 2.40 bits per heavy atom. The zero-order valence-corrected chi connectivity index (χ0v) is 17.7. The van der Waals surface area contributed by atoms with Crippen LogP contribution in [0.5, 0.6) is 0 Å². The summed E-state index contributed by atoms with van der Waals surface area (Å²) in [6, 6.07) is 6.23. The summed E-state index contributed by atoms with van der Waals surface area (Å²) in [6.45, 7) is 0.773. The molecule has 1 heterocycles. The van der Waals surface area contributed by atoms with Gasteiger partial charge in [-0.1, -0.05) is 11.6 Å². The predicted molar refractivity (Wildman–Crippen MR) is 107 cm³/mol. The number of carbonyl (C=O) groups excluding carboxylic acids is 1. The van der Waals surface area contributed by atoms with E-state index in [1.54, 1.807) is 0 Å². The molecule has 0 saturated carbocycles. The van der Waals surface area contributed by atoms with Crippen LogP contribution in [0.15, 0.2) is 46.2 Å². The number of nitrogens with one attached hydrogen (secondary N) is 1. The first kappa shape index (κ1) is 22.6. The third-order valence-electron chi connectivity index (χ3n) is 4.24. The number of anilines is 1. The lowest BCUT2D eigenvalue weighted by atomic mass is 10.2. The number of primary sulfonamides is 1. The highest BCUT2D eigenvalue weighted by molar-refractivity contribution is 7.89. The average molecular weight is 478 g/mol. The summed E-state index contributed by atoms with van der Waals surface area (Å²) in [5, 5.41) is 7.24. The van der Waals surface area contributed by atoms with Crippen molar-refractivity contribution in [3.63, 3.8) is 0 Å². The monoisotopic (exact) mass is 477 g/mol. The third-order valence-corrected chi connectivity index (χ3v) is 7.51. The molecule has 1 aliphatic heterocycles. The number of nitrogens with two attached hydrogens (primary N) is 1. The molecule has 0 atom stereocenters. The normalized spacial score (nSPS) is 15.7. The van der Waals surface area contributed by atoms with Crippen LogP contribution in [0.25, 0.3) is 0 Å². The maximum Gasteiger partial charge on any atom is 0.255 e. The maximum absolute atomic E-state index is 13.7. The Balaban J connectivity index is 1.91. The quantitative estimate of drug-likeness (QED) is 0.668. The summed E-state index contributed by atoms with van der Waals surface area (Å²) in [4.78, 5) is 11.8. The lowest BCUT2D eigenvalue weighted by molar-refractivity contribution is 0.0730. The highest BCUT2D eigenvalue weighted by atomic mass is 35.5. The van der Waals surface area contributed by atoms with Crippen molar-refractivity contribution in [3.8, 4) is 0 Å². The van der Waals surface area contributed by atoms with Gasteiger partial charge in [0.05, 0.1) is 23.1 Å². The van der Waals surface area contributed by atoms with E-state index in [2.05, 4.69) is 5.32 Å². The second-order valence-corrected chi connectivity index (χ2v) is 10.2. The summed E-state index contributed by atoms with van der Waals surface area (Å²) in [5.41, 5.74) is -0.246. The predicted octanol–water partition coefficient (Wildman–Crippen LogP) is 1.40. The van der Waals surface area contributed by atoms with Crippen molar-refractivity contribution in [1.82, 2.24) is 4.31 Å². The number of rotatable bonds is 5. The van der Waals surface area contributed by atoms with Crippen LogP contribution < -0.4 is 10.5 Å². The van der Waals surface area contributed by atoms with E-state index in [0.717, 1.165) is 18.2 Å². The summed E-state index contributed by atoms with van der Waals surface area (Å²) < 4.78 is 68.7. The van der Waals surface area contributed by atoms with Crippen molar-refractivity contribution >= 4 is 43.2 Å². The van der Waals surface area contributed by atoms with E-state index in [1.165, 1.54) is 16.4 Å². The number of sulfonamides is 2. The molecular formula is C17H17ClFN3O6S2. The first-order chi connectivity index (χ1) is 14.0. The van der Waals surface area contributed by atoms with Crippen molar-refractivity contribution in [2.45, 2.75) is 9.79 Å². The zero-order valence-electron chi connectivity index (χ0n) is 15.3. The van der Waals surface area contributed by atoms with Crippen LogP contribution >= 0.6 is 11.6 Å². The minimum Gasteiger partial charge on any atom is -0.379 e. The average Bonchev–Trinajstić information content (AvgIpc) is 2.67. The van der Waals surface area contributed by atoms with Gasteiger partial charge in [-0.15, -0.1) is 0 Å². The Bertz CT molecular complexity index is 1200. The summed E-state index contributed by atoms with van der Waals surface area (Å²) >= 11 is 6.06. The maximum atomic E-state index is 13.7. The second kappa shape index (κ2) is 8.57. The Morgan fingerprint density at radius 1 is 1.10 bits per heavy atom. The van der Waals surface area contributed by atoms with E-state index < -0.39 is 36.7 Å². The van der Waals surface area contributed by atoms with Gasteiger partial charge in [-0.25, -0.2) is 26.4 Å². The van der Waals surface area contributed by atoms with Gasteiger partial charge < -0.3 is 10.1 Å². The smallest absolute Gasteiger partial charge is 0.255 e. The lowest BCUT2D eigenvalue weighted by Gasteiger charge is -2.26. The fraction of sp³-hybridized carbons (Fsp3) is 0.235. The molecule has 1 fully saturated rings. The minimum absolute atomic E-state index is 0.0692. The number of carbonyl (C=O) groups is 1. The topological polar surface area (TPSA) is 136 Å². The van der Waals surface area contributed by atoms with Crippen LogP contribution in [0.3, 0.4) is 0 Å². The molecule has 3 N–H and O–H groups in total. The molecular weight excluding hydrogens is 461 g/mol. The number of nitrogens with zero attached hydrogens (tertiary/aromatic N) is 1. The number of ether oxygens (including phenoxy) is 1. The fourth-order valence-corrected chi connectivity index (χ4v) is 5.25. The van der Waals surface area contributed by atoms with Crippen molar-refractivity contribution in [2.75, 3.05) is 31.6 Å². The molecule has 30 heavy (non-hydrogen) atoms. The van der Waals surface area contributed by atoms with Crippen molar-refractivity contribution in [1.29, 1.82) is 0 Å². The van der Waals surface area contributed by atoms with Crippen LogP contribution in [0, 0.1) is 5.82 Å². The van der Waals surface area contributed by atoms with Crippen LogP contribution in [-0.2, 0) is 24.8 Å². The van der Waals surface area contributed by atoms with E-state index >= 15 is 0 Å². The van der Waals surface area contributed by atoms with E-state index in [9.17, 15) is 26.0 Å². The summed E-state index contributed by atoms with van der Waals surface area (Å²) in [7, 11) is -8.17. The summed E-state index contributed by atoms with van der Waals surface area (Å²) in [6.07, 6.45) is 0. The molecule has 3 rings (SSSR count). The van der Waals surface area contributed by atoms with E-state index in [-0.39, 0.29) is 47.5 Å². The third kappa shape index (κ3) is 4.96. The number of morpholine rings is 1. The molecule has 0 aromatic heterocycles. The van der Waals surface area contributed by atoms with Crippen LogP contribution in [0.4, 0.5) is 10.1 Å². The largest absolute Gasteiger partial charge is 0.379 e. The zero-order chi connectivity index (χ0) is 22.1. The molecule has 0 aliphatic carbocycles. The van der Waals surface area contributed by atoms with Gasteiger partial charge in [0, 0.05) is 24.3 Å². The molecule has 162 valence electrons. The van der Waals surface area contributed by atoms with Gasteiger partial charge in [0.25, 0.3) is 5.91 Å². The molecule has 13 heteroatoms. The molecule has 0 spiro atoms. The van der Waals surface area contributed by atoms with E-state index in [0.29, 0.717) is 6.07 Å². The Kier molecular flexibility index (Phi) is 6.45. The summed E-state index contributed by atoms with van der Waals surface area (Å²) in [5.74, 6) is -1.72. The van der Waals surface area contributed by atoms with Gasteiger partial charge in [0.1, 0.15) is 10.7 Å². The SMILES string of the molecule is NS(=O)(=O)c1cc(F)cc(NC(=O)c2ccc(Cl)c(S(=O)(=O)N3CCOCC3)c2)c1. The van der Waals surface area contributed by atoms with Crippen molar-refractivity contribution in [3.05, 3.63) is 52.8 Å². The van der Waals surface area contributed by atoms with E-state index in [1.807, 2.05) is 0 Å². The number of amides is 1. The molecule has 2 aromatic carbocycles. The van der Waals surface area contributed by atoms with E-state index in [4.69, 9.17) is 21.5 Å². The number of hydrogen-bond donors (Lipinski definition) is 2. The van der Waals surface area contributed by atoms with Crippen molar-refractivity contribution < 1.29 is 30.8 Å². The molecule has 9 nitrogen and oxygen atoms in total. The number of hydrogen-bond acceptors (Lipinski definition) is 6. The highest BCUT2D eigenvalue weighted by Gasteiger charge is 2.29. The molecule has 1 saturated heterocycles. The van der Waals surface area contributed by atoms with Crippen LogP contribution in [0.1, 0.15) is 10.4 Å². The van der Waals surface area contributed by atoms with Crippen molar-refractivity contribution in [2.24, 2.45) is 5.14 Å². The first-order valence-corrected chi connectivity index (χ1v) is 11.9. The van der Waals surface area contributed by atoms with Crippen LogP contribution in [0.2, 0.25) is 5.02 Å². The first-order valence-electron chi connectivity index (χ1n) is 8.51. The van der Waals surface area contributed by atoms with Gasteiger partial charge in [-0.2, -0.15) is 4.31 Å². The van der Waals surface area contributed by atoms with Gasteiger partial charge in [-0.05, 0) is 36.4 Å². The Hall–Kier alpha value is -2.09. The standard InChI is InChI=1S/C17H17ClFN3O6S2/c18-15-2-1-11(7-16(15)30(26,27)22-3-5-28-6-4-22)17(23)21-13-8-12(19)9-14(10-13)29(20,24)25/h1-2,7-10H,3-6H2,(H,21,23)(H2,20,24,25).